The van der Waals surface area contributed by atoms with Gasteiger partial charge in [-0.25, -0.2) is 4.79 Å². The zero-order valence-corrected chi connectivity index (χ0v) is 16.9. The number of carbonyl (C=O) groups excluding carboxylic acids is 1. The van der Waals surface area contributed by atoms with Crippen LogP contribution in [0.15, 0.2) is 16.9 Å². The number of aromatic amines is 1. The number of aromatic nitrogens is 2. The highest BCUT2D eigenvalue weighted by molar-refractivity contribution is 6.17. The van der Waals surface area contributed by atoms with Gasteiger partial charge in [0.2, 0.25) is 5.43 Å². The molecule has 3 aromatic rings. The first-order valence-corrected chi connectivity index (χ1v) is 9.49. The molecule has 0 radical (unpaired) electrons. The van der Waals surface area contributed by atoms with Gasteiger partial charge in [-0.15, -0.1) is 0 Å². The molecule has 0 saturated heterocycles. The second-order valence-electron chi connectivity index (χ2n) is 8.17. The van der Waals surface area contributed by atoms with E-state index in [0.29, 0.717) is 17.7 Å². The number of rotatable bonds is 3. The fourth-order valence-corrected chi connectivity index (χ4v) is 4.32. The number of ether oxygens (including phenoxy) is 2. The van der Waals surface area contributed by atoms with E-state index in [2.05, 4.69) is 18.8 Å². The van der Waals surface area contributed by atoms with Crippen LogP contribution in [0.1, 0.15) is 48.2 Å². The molecule has 0 saturated carbocycles. The van der Waals surface area contributed by atoms with Crippen LogP contribution in [-0.4, -0.2) is 29.7 Å². The zero-order valence-electron chi connectivity index (χ0n) is 16.9. The van der Waals surface area contributed by atoms with Crippen LogP contribution in [0.2, 0.25) is 0 Å². The Labute approximate surface area is 162 Å². The molecular weight excluding hydrogens is 356 g/mol. The lowest BCUT2D eigenvalue weighted by molar-refractivity contribution is 0.0527. The highest BCUT2D eigenvalue weighted by Gasteiger charge is 2.32. The van der Waals surface area contributed by atoms with Crippen LogP contribution in [0.3, 0.4) is 0 Å². The van der Waals surface area contributed by atoms with Gasteiger partial charge in [0.05, 0.1) is 30.5 Å². The number of carbonyl (C=O) groups is 1. The topological polar surface area (TPSA) is 81.3 Å². The summed E-state index contributed by atoms with van der Waals surface area (Å²) in [5.41, 5.74) is 3.60. The van der Waals surface area contributed by atoms with E-state index in [4.69, 9.17) is 14.5 Å². The average Bonchev–Trinajstić information content (AvgIpc) is 2.59. The van der Waals surface area contributed by atoms with E-state index in [1.165, 1.54) is 13.2 Å². The van der Waals surface area contributed by atoms with Gasteiger partial charge in [0, 0.05) is 33.6 Å². The highest BCUT2D eigenvalue weighted by atomic mass is 16.5. The summed E-state index contributed by atoms with van der Waals surface area (Å²) >= 11 is 0. The third-order valence-corrected chi connectivity index (χ3v) is 5.39. The number of nitrogens with zero attached hydrogens (tertiary/aromatic N) is 1. The van der Waals surface area contributed by atoms with Gasteiger partial charge in [-0.05, 0) is 38.2 Å². The maximum atomic E-state index is 12.8. The van der Waals surface area contributed by atoms with Gasteiger partial charge in [-0.2, -0.15) is 0 Å². The van der Waals surface area contributed by atoms with Crippen molar-refractivity contribution in [1.82, 2.24) is 9.97 Å². The van der Waals surface area contributed by atoms with E-state index < -0.39 is 0 Å². The maximum absolute atomic E-state index is 12.8. The molecule has 0 spiro atoms. The summed E-state index contributed by atoms with van der Waals surface area (Å²) in [6, 6.07) is 3.18. The van der Waals surface area contributed by atoms with Gasteiger partial charge >= 0.3 is 5.97 Å². The fourth-order valence-electron chi connectivity index (χ4n) is 4.32. The van der Waals surface area contributed by atoms with Crippen molar-refractivity contribution in [3.8, 4) is 5.75 Å². The Hall–Kier alpha value is -2.89. The standard InChI is InChI=1S/C22H24N2O4/c1-6-28-21(26)18-11(2)23-14-9-22(3,4)10-15-20(14)19(18)12-7-17(27-5)16(25)8-13(12)24-15/h7-8,23H,6,9-10H2,1-5H3. The van der Waals surface area contributed by atoms with E-state index in [9.17, 15) is 9.59 Å². The Bertz CT molecular complexity index is 1190. The number of methoxy groups -OCH3 is 1. The molecule has 2 heterocycles. The quantitative estimate of drug-likeness (QED) is 0.554. The monoisotopic (exact) mass is 380 g/mol. The van der Waals surface area contributed by atoms with Crippen LogP contribution in [-0.2, 0) is 17.6 Å². The number of hydrogen-bond acceptors (Lipinski definition) is 5. The van der Waals surface area contributed by atoms with Crippen molar-refractivity contribution >= 4 is 27.6 Å². The minimum absolute atomic E-state index is 0.0295. The second-order valence-corrected chi connectivity index (χ2v) is 8.17. The summed E-state index contributed by atoms with van der Waals surface area (Å²) in [6.07, 6.45) is 1.62. The number of pyridine rings is 2. The van der Waals surface area contributed by atoms with Crippen molar-refractivity contribution < 1.29 is 14.3 Å². The molecule has 2 aromatic heterocycles. The minimum Gasteiger partial charge on any atom is -0.493 e. The van der Waals surface area contributed by atoms with Gasteiger partial charge in [0.1, 0.15) is 0 Å². The molecule has 4 rings (SSSR count). The van der Waals surface area contributed by atoms with E-state index in [-0.39, 0.29) is 22.6 Å². The summed E-state index contributed by atoms with van der Waals surface area (Å²) in [4.78, 5) is 33.4. The van der Waals surface area contributed by atoms with Crippen LogP contribution in [0, 0.1) is 12.3 Å². The van der Waals surface area contributed by atoms with Crippen molar-refractivity contribution in [3.05, 3.63) is 45.0 Å². The van der Waals surface area contributed by atoms with E-state index in [0.717, 1.165) is 46.1 Å². The molecule has 1 aromatic carbocycles. The first kappa shape index (κ1) is 18.5. The molecule has 28 heavy (non-hydrogen) atoms. The lowest BCUT2D eigenvalue weighted by atomic mass is 9.76. The SMILES string of the molecule is CCOC(=O)c1c(C)[nH]c2c3c(nc4cc(=O)c(OC)cc4c13)CC(C)(C)C2. The van der Waals surface area contributed by atoms with Gasteiger partial charge < -0.3 is 14.5 Å². The highest BCUT2D eigenvalue weighted by Crippen LogP contribution is 2.41. The summed E-state index contributed by atoms with van der Waals surface area (Å²) in [6.45, 7) is 8.36. The van der Waals surface area contributed by atoms with E-state index in [1.54, 1.807) is 13.0 Å². The molecule has 0 fully saturated rings. The van der Waals surface area contributed by atoms with E-state index in [1.807, 2.05) is 6.92 Å². The normalized spacial score (nSPS) is 15.0. The van der Waals surface area contributed by atoms with Gasteiger partial charge in [-0.3, -0.25) is 9.78 Å². The number of aryl methyl sites for hydroxylation is 1. The molecule has 1 N–H and O–H groups in total. The van der Waals surface area contributed by atoms with Crippen molar-refractivity contribution in [2.45, 2.75) is 40.5 Å². The number of hydrogen-bond donors (Lipinski definition) is 1. The summed E-state index contributed by atoms with van der Waals surface area (Å²) < 4.78 is 10.6. The molecule has 1 aliphatic rings. The largest absolute Gasteiger partial charge is 0.493 e. The maximum Gasteiger partial charge on any atom is 0.340 e. The fraction of sp³-hybridized carbons (Fsp3) is 0.409. The molecule has 0 amide bonds. The van der Waals surface area contributed by atoms with Gasteiger partial charge in [-0.1, -0.05) is 13.8 Å². The molecular formula is C22H24N2O4. The lowest BCUT2D eigenvalue weighted by Crippen LogP contribution is -2.26. The van der Waals surface area contributed by atoms with Crippen LogP contribution >= 0.6 is 0 Å². The van der Waals surface area contributed by atoms with Crippen LogP contribution in [0.25, 0.3) is 21.7 Å². The molecule has 146 valence electrons. The lowest BCUT2D eigenvalue weighted by Gasteiger charge is -2.32. The molecule has 0 unspecified atom stereocenters. The Morgan fingerprint density at radius 3 is 2.68 bits per heavy atom. The van der Waals surface area contributed by atoms with Crippen LogP contribution in [0.4, 0.5) is 0 Å². The minimum atomic E-state index is -0.378. The molecule has 0 atom stereocenters. The predicted molar refractivity (Wildman–Crippen MR) is 108 cm³/mol. The van der Waals surface area contributed by atoms with Gasteiger partial charge in [0.25, 0.3) is 0 Å². The van der Waals surface area contributed by atoms with Gasteiger partial charge in [0.15, 0.2) is 5.75 Å². The second kappa shape index (κ2) is 6.33. The number of nitrogens with one attached hydrogen (secondary N) is 1. The molecule has 0 aliphatic heterocycles. The Morgan fingerprint density at radius 2 is 2.00 bits per heavy atom. The van der Waals surface area contributed by atoms with Crippen LogP contribution < -0.4 is 10.2 Å². The molecule has 6 nitrogen and oxygen atoms in total. The summed E-state index contributed by atoms with van der Waals surface area (Å²) in [5, 5.41) is 2.48. The predicted octanol–water partition coefficient (Wildman–Crippen LogP) is 3.69. The average molecular weight is 380 g/mol. The summed E-state index contributed by atoms with van der Waals surface area (Å²) in [7, 11) is 1.47. The Kier molecular flexibility index (Phi) is 4.17. The van der Waals surface area contributed by atoms with Crippen molar-refractivity contribution in [1.29, 1.82) is 0 Å². The number of esters is 1. The number of benzene rings is 1. The number of H-pyrrole nitrogens is 1. The molecule has 1 aliphatic carbocycles. The molecule has 0 bridgehead atoms. The molecule has 6 heteroatoms. The first-order valence-electron chi connectivity index (χ1n) is 9.49. The van der Waals surface area contributed by atoms with Crippen molar-refractivity contribution in [2.75, 3.05) is 13.7 Å². The Morgan fingerprint density at radius 1 is 1.25 bits per heavy atom. The smallest absolute Gasteiger partial charge is 0.340 e. The van der Waals surface area contributed by atoms with Crippen molar-refractivity contribution in [2.24, 2.45) is 5.41 Å². The third kappa shape index (κ3) is 2.75. The first-order chi connectivity index (χ1) is 13.3. The van der Waals surface area contributed by atoms with E-state index >= 15 is 0 Å². The zero-order chi connectivity index (χ0) is 20.2. The summed E-state index contributed by atoms with van der Waals surface area (Å²) in [5.74, 6) is -0.140. The number of fused-ring (bicyclic) bond motifs is 2. The van der Waals surface area contributed by atoms with Crippen molar-refractivity contribution in [3.63, 3.8) is 0 Å². The Balaban J connectivity index is 2.23. The third-order valence-electron chi connectivity index (χ3n) is 5.39. The van der Waals surface area contributed by atoms with Crippen LogP contribution in [0.5, 0.6) is 5.75 Å².